The molecule has 6 heteroatoms. The van der Waals surface area contributed by atoms with Crippen LogP contribution < -0.4 is 10.1 Å². The van der Waals surface area contributed by atoms with Crippen LogP contribution in [0.3, 0.4) is 0 Å². The van der Waals surface area contributed by atoms with Gasteiger partial charge in [0.1, 0.15) is 5.75 Å². The van der Waals surface area contributed by atoms with Crippen molar-refractivity contribution in [1.29, 1.82) is 0 Å². The molecule has 1 amide bonds. The quantitative estimate of drug-likeness (QED) is 0.675. The molecule has 2 aromatic rings. The molecule has 0 spiro atoms. The van der Waals surface area contributed by atoms with E-state index < -0.39 is 11.0 Å². The third kappa shape index (κ3) is 4.06. The molecule has 0 saturated carbocycles. The molecule has 6 nitrogen and oxygen atoms in total. The Morgan fingerprint density at radius 2 is 1.91 bits per heavy atom. The van der Waals surface area contributed by atoms with Gasteiger partial charge in [-0.2, -0.15) is 0 Å². The third-order valence-corrected chi connectivity index (χ3v) is 3.43. The molecule has 0 aliphatic rings. The molecule has 120 valence electrons. The number of anilines is 1. The standard InChI is InChI=1S/C17H18N2O4/c1-11-6-4-7-14(10-11)23-13(3)17(20)18-15-8-5-9-16(12(15)2)19(21)22/h4-10,13H,1-3H3,(H,18,20). The molecule has 23 heavy (non-hydrogen) atoms. The molecular weight excluding hydrogens is 296 g/mol. The third-order valence-electron chi connectivity index (χ3n) is 3.43. The molecule has 2 aromatic carbocycles. The molecule has 0 saturated heterocycles. The second-order valence-corrected chi connectivity index (χ2v) is 5.27. The minimum Gasteiger partial charge on any atom is -0.481 e. The summed E-state index contributed by atoms with van der Waals surface area (Å²) in [7, 11) is 0. The van der Waals surface area contributed by atoms with Crippen LogP contribution in [0.4, 0.5) is 11.4 Å². The van der Waals surface area contributed by atoms with Crippen LogP contribution in [-0.2, 0) is 4.79 Å². The first-order valence-electron chi connectivity index (χ1n) is 7.16. The number of hydrogen-bond acceptors (Lipinski definition) is 4. The van der Waals surface area contributed by atoms with Gasteiger partial charge >= 0.3 is 0 Å². The first kappa shape index (κ1) is 16.5. The zero-order valence-electron chi connectivity index (χ0n) is 13.2. The van der Waals surface area contributed by atoms with Crippen molar-refractivity contribution >= 4 is 17.3 Å². The highest BCUT2D eigenvalue weighted by atomic mass is 16.6. The van der Waals surface area contributed by atoms with Crippen LogP contribution in [-0.4, -0.2) is 16.9 Å². The summed E-state index contributed by atoms with van der Waals surface area (Å²) >= 11 is 0. The largest absolute Gasteiger partial charge is 0.481 e. The normalized spacial score (nSPS) is 11.6. The Morgan fingerprint density at radius 3 is 2.57 bits per heavy atom. The lowest BCUT2D eigenvalue weighted by Gasteiger charge is -2.16. The van der Waals surface area contributed by atoms with Crippen LogP contribution in [0, 0.1) is 24.0 Å². The van der Waals surface area contributed by atoms with Gasteiger partial charge in [0.15, 0.2) is 6.10 Å². The average Bonchev–Trinajstić information content (AvgIpc) is 2.49. The van der Waals surface area contributed by atoms with Crippen LogP contribution in [0.5, 0.6) is 5.75 Å². The first-order valence-corrected chi connectivity index (χ1v) is 7.16. The van der Waals surface area contributed by atoms with Crippen LogP contribution in [0.15, 0.2) is 42.5 Å². The highest BCUT2D eigenvalue weighted by Crippen LogP contribution is 2.25. The summed E-state index contributed by atoms with van der Waals surface area (Å²) in [5, 5.41) is 13.6. The van der Waals surface area contributed by atoms with Crippen molar-refractivity contribution in [1.82, 2.24) is 0 Å². The second kappa shape index (κ2) is 6.91. The summed E-state index contributed by atoms with van der Waals surface area (Å²) in [6, 6.07) is 12.0. The molecule has 0 fully saturated rings. The zero-order valence-corrected chi connectivity index (χ0v) is 13.2. The predicted octanol–water partition coefficient (Wildman–Crippen LogP) is 3.62. The summed E-state index contributed by atoms with van der Waals surface area (Å²) in [6.07, 6.45) is -0.726. The van der Waals surface area contributed by atoms with Gasteiger partial charge < -0.3 is 10.1 Å². The number of ether oxygens (including phenoxy) is 1. The Morgan fingerprint density at radius 1 is 1.22 bits per heavy atom. The molecule has 0 heterocycles. The lowest BCUT2D eigenvalue weighted by Crippen LogP contribution is -2.30. The van der Waals surface area contributed by atoms with Gasteiger partial charge in [-0.3, -0.25) is 14.9 Å². The molecule has 1 unspecified atom stereocenters. The summed E-state index contributed by atoms with van der Waals surface area (Å²) in [5.74, 6) is 0.235. The van der Waals surface area contributed by atoms with E-state index in [0.717, 1.165) is 5.56 Å². The zero-order chi connectivity index (χ0) is 17.0. The van der Waals surface area contributed by atoms with E-state index in [9.17, 15) is 14.9 Å². The number of benzene rings is 2. The molecule has 0 aliphatic heterocycles. The molecule has 1 N–H and O–H groups in total. The molecule has 0 radical (unpaired) electrons. The number of nitrogens with one attached hydrogen (secondary N) is 1. The Labute approximate surface area is 134 Å². The van der Waals surface area contributed by atoms with Gasteiger partial charge in [-0.15, -0.1) is 0 Å². The Hall–Kier alpha value is -2.89. The van der Waals surface area contributed by atoms with Crippen molar-refractivity contribution in [2.24, 2.45) is 0 Å². The number of aryl methyl sites for hydroxylation is 1. The topological polar surface area (TPSA) is 81.5 Å². The van der Waals surface area contributed by atoms with Crippen LogP contribution >= 0.6 is 0 Å². The molecular formula is C17H18N2O4. The molecule has 0 aromatic heterocycles. The van der Waals surface area contributed by atoms with Crippen molar-refractivity contribution in [3.05, 3.63) is 63.7 Å². The Kier molecular flexibility index (Phi) is 4.95. The fraction of sp³-hybridized carbons (Fsp3) is 0.235. The maximum Gasteiger partial charge on any atom is 0.274 e. The average molecular weight is 314 g/mol. The van der Waals surface area contributed by atoms with Crippen molar-refractivity contribution in [2.45, 2.75) is 26.9 Å². The highest BCUT2D eigenvalue weighted by molar-refractivity contribution is 5.95. The summed E-state index contributed by atoms with van der Waals surface area (Å²) in [6.45, 7) is 5.16. The number of rotatable bonds is 5. The number of hydrogen-bond donors (Lipinski definition) is 1. The van der Waals surface area contributed by atoms with Gasteiger partial charge in [0.2, 0.25) is 0 Å². The number of nitrogens with zero attached hydrogens (tertiary/aromatic N) is 1. The van der Waals surface area contributed by atoms with E-state index in [2.05, 4.69) is 5.32 Å². The van der Waals surface area contributed by atoms with Crippen molar-refractivity contribution in [2.75, 3.05) is 5.32 Å². The SMILES string of the molecule is Cc1cccc(OC(C)C(=O)Nc2cccc([N+](=O)[O-])c2C)c1. The van der Waals surface area contributed by atoms with Crippen molar-refractivity contribution < 1.29 is 14.5 Å². The minimum absolute atomic E-state index is 0.0324. The lowest BCUT2D eigenvalue weighted by atomic mass is 10.1. The van der Waals surface area contributed by atoms with Crippen LogP contribution in [0.1, 0.15) is 18.1 Å². The molecule has 0 bridgehead atoms. The van der Waals surface area contributed by atoms with Crippen molar-refractivity contribution in [3.8, 4) is 5.75 Å². The van der Waals surface area contributed by atoms with E-state index in [0.29, 0.717) is 17.0 Å². The molecule has 0 aliphatic carbocycles. The summed E-state index contributed by atoms with van der Waals surface area (Å²) in [4.78, 5) is 22.7. The number of carbonyl (C=O) groups excluding carboxylic acids is 1. The van der Waals surface area contributed by atoms with Gasteiger partial charge in [0.25, 0.3) is 11.6 Å². The van der Waals surface area contributed by atoms with Gasteiger partial charge in [0, 0.05) is 6.07 Å². The highest BCUT2D eigenvalue weighted by Gasteiger charge is 2.19. The number of nitro benzene ring substituents is 1. The second-order valence-electron chi connectivity index (χ2n) is 5.27. The number of amides is 1. The Balaban J connectivity index is 2.10. The van der Waals surface area contributed by atoms with Gasteiger partial charge in [-0.1, -0.05) is 18.2 Å². The van der Waals surface area contributed by atoms with Crippen molar-refractivity contribution in [3.63, 3.8) is 0 Å². The van der Waals surface area contributed by atoms with E-state index in [1.165, 1.54) is 12.1 Å². The summed E-state index contributed by atoms with van der Waals surface area (Å²) in [5.41, 5.74) is 1.82. The molecule has 2 rings (SSSR count). The summed E-state index contributed by atoms with van der Waals surface area (Å²) < 4.78 is 5.60. The lowest BCUT2D eigenvalue weighted by molar-refractivity contribution is -0.385. The van der Waals surface area contributed by atoms with Crippen LogP contribution in [0.2, 0.25) is 0 Å². The minimum atomic E-state index is -0.726. The fourth-order valence-electron chi connectivity index (χ4n) is 2.14. The van der Waals surface area contributed by atoms with E-state index in [1.54, 1.807) is 26.0 Å². The smallest absolute Gasteiger partial charge is 0.274 e. The van der Waals surface area contributed by atoms with E-state index >= 15 is 0 Å². The maximum absolute atomic E-state index is 12.2. The van der Waals surface area contributed by atoms with E-state index in [1.807, 2.05) is 25.1 Å². The molecule has 1 atom stereocenters. The fourth-order valence-corrected chi connectivity index (χ4v) is 2.14. The Bertz CT molecular complexity index is 743. The maximum atomic E-state index is 12.2. The first-order chi connectivity index (χ1) is 10.9. The van der Waals surface area contributed by atoms with Gasteiger partial charge in [0.05, 0.1) is 16.2 Å². The van der Waals surface area contributed by atoms with Crippen LogP contribution in [0.25, 0.3) is 0 Å². The van der Waals surface area contributed by atoms with E-state index in [4.69, 9.17) is 4.74 Å². The van der Waals surface area contributed by atoms with E-state index in [-0.39, 0.29) is 11.6 Å². The van der Waals surface area contributed by atoms with Gasteiger partial charge in [-0.05, 0) is 44.5 Å². The van der Waals surface area contributed by atoms with Gasteiger partial charge in [-0.25, -0.2) is 0 Å². The predicted molar refractivity (Wildman–Crippen MR) is 87.7 cm³/mol. The number of carbonyl (C=O) groups is 1. The number of nitro groups is 1. The monoisotopic (exact) mass is 314 g/mol.